The summed E-state index contributed by atoms with van der Waals surface area (Å²) in [4.78, 5) is 10.0. The first-order valence-electron chi connectivity index (χ1n) is 4.15. The van der Waals surface area contributed by atoms with Gasteiger partial charge in [0.05, 0.1) is 0 Å². The molecule has 1 unspecified atom stereocenters. The lowest BCUT2D eigenvalue weighted by molar-refractivity contribution is -0.305. The number of hydrogen-bond acceptors (Lipinski definition) is 4. The molecule has 0 aromatic carbocycles. The molecule has 0 aliphatic rings. The molecular weight excluding hydrogens is 192 g/mol. The molecule has 0 bridgehead atoms. The summed E-state index contributed by atoms with van der Waals surface area (Å²) in [6.07, 6.45) is 3.73. The standard InChI is InChI=1S/C8H16O2S2/c9-8(10)4-2-1-3-7(12)5-6-11/h7,11-12H,1-6H2,(H,9,10)/p-1. The molecule has 4 heteroatoms. The van der Waals surface area contributed by atoms with Crippen molar-refractivity contribution in [1.29, 1.82) is 0 Å². The van der Waals surface area contributed by atoms with Crippen molar-refractivity contribution in [2.24, 2.45) is 0 Å². The van der Waals surface area contributed by atoms with Crippen molar-refractivity contribution in [3.05, 3.63) is 0 Å². The van der Waals surface area contributed by atoms with Crippen LogP contribution < -0.4 is 5.11 Å². The zero-order chi connectivity index (χ0) is 9.40. The molecule has 0 aliphatic heterocycles. The van der Waals surface area contributed by atoms with Crippen LogP contribution in [0.1, 0.15) is 32.1 Å². The van der Waals surface area contributed by atoms with E-state index in [9.17, 15) is 9.90 Å². The molecule has 0 aliphatic carbocycles. The molecule has 1 atom stereocenters. The second kappa shape index (κ2) is 7.80. The van der Waals surface area contributed by atoms with Gasteiger partial charge in [-0.2, -0.15) is 25.3 Å². The average molecular weight is 207 g/mol. The van der Waals surface area contributed by atoms with Gasteiger partial charge in [0.15, 0.2) is 0 Å². The van der Waals surface area contributed by atoms with Crippen LogP contribution in [-0.4, -0.2) is 17.0 Å². The Morgan fingerprint density at radius 2 is 2.00 bits per heavy atom. The molecule has 72 valence electrons. The lowest BCUT2D eigenvalue weighted by Gasteiger charge is -2.08. The minimum Gasteiger partial charge on any atom is -0.550 e. The Kier molecular flexibility index (Phi) is 7.91. The third-order valence-corrected chi connectivity index (χ3v) is 2.41. The van der Waals surface area contributed by atoms with Crippen molar-refractivity contribution in [2.75, 3.05) is 5.75 Å². The number of hydrogen-bond donors (Lipinski definition) is 2. The van der Waals surface area contributed by atoms with Crippen molar-refractivity contribution in [3.8, 4) is 0 Å². The SMILES string of the molecule is O=C([O-])CCCCC(S)CCS. The third-order valence-electron chi connectivity index (χ3n) is 1.63. The van der Waals surface area contributed by atoms with Gasteiger partial charge >= 0.3 is 0 Å². The van der Waals surface area contributed by atoms with E-state index in [2.05, 4.69) is 25.3 Å². The number of carboxylic acid groups (broad SMARTS) is 1. The molecular formula is C8H15O2S2-. The normalized spacial score (nSPS) is 12.8. The first-order valence-corrected chi connectivity index (χ1v) is 5.30. The number of aliphatic carboxylic acids is 1. The van der Waals surface area contributed by atoms with Crippen molar-refractivity contribution in [2.45, 2.75) is 37.4 Å². The largest absolute Gasteiger partial charge is 0.550 e. The van der Waals surface area contributed by atoms with E-state index < -0.39 is 5.97 Å². The molecule has 0 saturated heterocycles. The van der Waals surface area contributed by atoms with Gasteiger partial charge in [0.25, 0.3) is 0 Å². The Balaban J connectivity index is 3.13. The van der Waals surface area contributed by atoms with Gasteiger partial charge in [-0.3, -0.25) is 0 Å². The fraction of sp³-hybridized carbons (Fsp3) is 0.875. The molecule has 0 saturated carbocycles. The van der Waals surface area contributed by atoms with Crippen molar-refractivity contribution >= 4 is 31.2 Å². The van der Waals surface area contributed by atoms with Crippen LogP contribution in [0.15, 0.2) is 0 Å². The smallest absolute Gasteiger partial charge is 0.0414 e. The predicted molar refractivity (Wildman–Crippen MR) is 54.7 cm³/mol. The fourth-order valence-electron chi connectivity index (χ4n) is 0.943. The zero-order valence-electron chi connectivity index (χ0n) is 7.03. The van der Waals surface area contributed by atoms with E-state index in [4.69, 9.17) is 0 Å². The average Bonchev–Trinajstić information content (AvgIpc) is 1.98. The second-order valence-electron chi connectivity index (χ2n) is 2.78. The van der Waals surface area contributed by atoms with Crippen molar-refractivity contribution in [3.63, 3.8) is 0 Å². The number of thiol groups is 2. The number of carbonyl (C=O) groups is 1. The number of rotatable bonds is 7. The number of unbranched alkanes of at least 4 members (excludes halogenated alkanes) is 1. The summed E-state index contributed by atoms with van der Waals surface area (Å²) in [5.41, 5.74) is 0. The van der Waals surface area contributed by atoms with Crippen LogP contribution in [0, 0.1) is 0 Å². The van der Waals surface area contributed by atoms with Crippen LogP contribution in [0.5, 0.6) is 0 Å². The molecule has 0 spiro atoms. The molecule has 0 amide bonds. The summed E-state index contributed by atoms with van der Waals surface area (Å²) < 4.78 is 0. The number of carbonyl (C=O) groups excluding carboxylic acids is 1. The summed E-state index contributed by atoms with van der Waals surface area (Å²) >= 11 is 8.41. The van der Waals surface area contributed by atoms with E-state index >= 15 is 0 Å². The Labute approximate surface area is 84.6 Å². The van der Waals surface area contributed by atoms with E-state index in [1.165, 1.54) is 0 Å². The van der Waals surface area contributed by atoms with Gasteiger partial charge < -0.3 is 9.90 Å². The van der Waals surface area contributed by atoms with Gasteiger partial charge in [-0.05, 0) is 31.4 Å². The Hall–Kier alpha value is 0.170. The molecule has 12 heavy (non-hydrogen) atoms. The van der Waals surface area contributed by atoms with E-state index in [1.807, 2.05) is 0 Å². The second-order valence-corrected chi connectivity index (χ2v) is 3.96. The van der Waals surface area contributed by atoms with Crippen molar-refractivity contribution < 1.29 is 9.90 Å². The summed E-state index contributed by atoms with van der Waals surface area (Å²) in [6, 6.07) is 0. The zero-order valence-corrected chi connectivity index (χ0v) is 8.82. The fourth-order valence-corrected chi connectivity index (χ4v) is 1.77. The first kappa shape index (κ1) is 12.2. The topological polar surface area (TPSA) is 40.1 Å². The monoisotopic (exact) mass is 207 g/mol. The van der Waals surface area contributed by atoms with Crippen LogP contribution >= 0.6 is 25.3 Å². The molecule has 0 fully saturated rings. The van der Waals surface area contributed by atoms with E-state index in [1.54, 1.807) is 0 Å². The van der Waals surface area contributed by atoms with E-state index in [-0.39, 0.29) is 6.42 Å². The minimum absolute atomic E-state index is 0.168. The van der Waals surface area contributed by atoms with Crippen LogP contribution in [0.2, 0.25) is 0 Å². The maximum Gasteiger partial charge on any atom is 0.0414 e. The molecule has 2 nitrogen and oxygen atoms in total. The van der Waals surface area contributed by atoms with Gasteiger partial charge in [0.1, 0.15) is 0 Å². The minimum atomic E-state index is -0.958. The maximum absolute atomic E-state index is 10.0. The van der Waals surface area contributed by atoms with Gasteiger partial charge in [-0.1, -0.05) is 6.42 Å². The van der Waals surface area contributed by atoms with Gasteiger partial charge in [0, 0.05) is 11.2 Å². The third kappa shape index (κ3) is 8.27. The van der Waals surface area contributed by atoms with Crippen LogP contribution in [0.25, 0.3) is 0 Å². The summed E-state index contributed by atoms with van der Waals surface area (Å²) in [7, 11) is 0. The molecule has 0 aromatic rings. The highest BCUT2D eigenvalue weighted by Crippen LogP contribution is 2.12. The predicted octanol–water partition coefficient (Wildman–Crippen LogP) is 0.915. The maximum atomic E-state index is 10.0. The molecule has 0 radical (unpaired) electrons. The van der Waals surface area contributed by atoms with Gasteiger partial charge in [0.2, 0.25) is 0 Å². The first-order chi connectivity index (χ1) is 5.66. The van der Waals surface area contributed by atoms with Gasteiger partial charge in [-0.25, -0.2) is 0 Å². The summed E-state index contributed by atoms with van der Waals surface area (Å²) in [6.45, 7) is 0. The quantitative estimate of drug-likeness (QED) is 0.481. The lowest BCUT2D eigenvalue weighted by Crippen LogP contribution is -2.21. The molecule has 0 rings (SSSR count). The molecule has 0 heterocycles. The Morgan fingerprint density at radius 3 is 2.50 bits per heavy atom. The summed E-state index contributed by atoms with van der Waals surface area (Å²) in [5.74, 6) is -0.116. The highest BCUT2D eigenvalue weighted by atomic mass is 32.1. The Morgan fingerprint density at radius 1 is 1.33 bits per heavy atom. The van der Waals surface area contributed by atoms with Crippen molar-refractivity contribution in [1.82, 2.24) is 0 Å². The summed E-state index contributed by atoms with van der Waals surface area (Å²) in [5, 5.41) is 10.4. The number of carboxylic acids is 1. The highest BCUT2D eigenvalue weighted by molar-refractivity contribution is 7.81. The van der Waals surface area contributed by atoms with E-state index in [0.29, 0.717) is 11.7 Å². The van der Waals surface area contributed by atoms with Crippen LogP contribution in [0.4, 0.5) is 0 Å². The van der Waals surface area contributed by atoms with Gasteiger partial charge in [-0.15, -0.1) is 0 Å². The Bertz CT molecular complexity index is 128. The molecule has 0 N–H and O–H groups in total. The van der Waals surface area contributed by atoms with Crippen LogP contribution in [0.3, 0.4) is 0 Å². The van der Waals surface area contributed by atoms with E-state index in [0.717, 1.165) is 25.0 Å². The van der Waals surface area contributed by atoms with Crippen LogP contribution in [-0.2, 0) is 4.79 Å². The molecule has 0 aromatic heterocycles. The highest BCUT2D eigenvalue weighted by Gasteiger charge is 2.00. The lowest BCUT2D eigenvalue weighted by atomic mass is 10.1.